The third kappa shape index (κ3) is 3.11. The van der Waals surface area contributed by atoms with Crippen LogP contribution >= 0.6 is 23.4 Å². The van der Waals surface area contributed by atoms with Crippen LogP contribution in [-0.4, -0.2) is 11.4 Å². The Kier molecular flexibility index (Phi) is 3.69. The summed E-state index contributed by atoms with van der Waals surface area (Å²) in [6, 6.07) is 3.53. The summed E-state index contributed by atoms with van der Waals surface area (Å²) in [4.78, 5) is 0.638. The Labute approximate surface area is 120 Å². The van der Waals surface area contributed by atoms with Gasteiger partial charge < -0.3 is 0 Å². The van der Waals surface area contributed by atoms with Gasteiger partial charge in [-0.2, -0.15) is 13.2 Å². The molecule has 0 N–H and O–H groups in total. The molecule has 0 aliphatic carbocycles. The predicted octanol–water partition coefficient (Wildman–Crippen LogP) is 5.69. The lowest BCUT2D eigenvalue weighted by Crippen LogP contribution is -2.25. The fourth-order valence-corrected chi connectivity index (χ4v) is 3.39. The number of benzene rings is 1. The lowest BCUT2D eigenvalue weighted by atomic mass is 9.86. The summed E-state index contributed by atoms with van der Waals surface area (Å²) in [6.07, 6.45) is -1.54. The number of halogens is 4. The number of thioether (sulfide) groups is 1. The number of hydrogen-bond donors (Lipinski definition) is 0. The van der Waals surface area contributed by atoms with Gasteiger partial charge in [-0.1, -0.05) is 44.5 Å². The Morgan fingerprint density at radius 2 is 1.79 bits per heavy atom. The zero-order chi connectivity index (χ0) is 14.4. The van der Waals surface area contributed by atoms with Crippen LogP contribution in [0.3, 0.4) is 0 Å². The predicted molar refractivity (Wildman–Crippen MR) is 74.9 cm³/mol. The molecule has 0 radical (unpaired) electrons. The second-order valence-electron chi connectivity index (χ2n) is 5.56. The maximum atomic E-state index is 12.8. The van der Waals surface area contributed by atoms with E-state index in [1.54, 1.807) is 12.1 Å². The first-order valence-electron chi connectivity index (χ1n) is 5.84. The van der Waals surface area contributed by atoms with Crippen LogP contribution in [0.1, 0.15) is 31.9 Å². The summed E-state index contributed by atoms with van der Waals surface area (Å²) in [7, 11) is 0. The topological polar surface area (TPSA) is 0 Å². The molecule has 0 saturated carbocycles. The third-order valence-electron chi connectivity index (χ3n) is 2.93. The van der Waals surface area contributed by atoms with E-state index >= 15 is 0 Å². The van der Waals surface area contributed by atoms with Crippen molar-refractivity contribution >= 4 is 29.4 Å². The molecule has 1 aliphatic heterocycles. The molecular formula is C14H14ClF3S. The molecule has 1 aliphatic rings. The van der Waals surface area contributed by atoms with Crippen LogP contribution in [0.4, 0.5) is 13.2 Å². The van der Waals surface area contributed by atoms with E-state index in [0.29, 0.717) is 9.92 Å². The van der Waals surface area contributed by atoms with Crippen LogP contribution in [0.5, 0.6) is 0 Å². The van der Waals surface area contributed by atoms with Crippen LogP contribution in [-0.2, 0) is 5.41 Å². The van der Waals surface area contributed by atoms with Crippen LogP contribution in [0, 0.1) is 0 Å². The van der Waals surface area contributed by atoms with Gasteiger partial charge in [0, 0.05) is 9.92 Å². The molecule has 19 heavy (non-hydrogen) atoms. The van der Waals surface area contributed by atoms with Gasteiger partial charge in [-0.3, -0.25) is 0 Å². The molecule has 0 bridgehead atoms. The van der Waals surface area contributed by atoms with E-state index in [-0.39, 0.29) is 5.41 Å². The fraction of sp³-hybridized carbons (Fsp3) is 0.429. The standard InChI is InChI=1S/C14H14ClF3S/c1-13(2,3)9-7-11-8(6-10(9)15)4-5-12(19-11)14(16,17)18/h4-7,12H,1-3H3/t12-/m0/s1. The molecule has 0 aromatic heterocycles. The van der Waals surface area contributed by atoms with Crippen molar-refractivity contribution in [2.24, 2.45) is 0 Å². The Morgan fingerprint density at radius 3 is 2.32 bits per heavy atom. The van der Waals surface area contributed by atoms with E-state index in [4.69, 9.17) is 11.6 Å². The van der Waals surface area contributed by atoms with Crippen LogP contribution in [0.15, 0.2) is 23.1 Å². The highest BCUT2D eigenvalue weighted by atomic mass is 35.5. The first-order chi connectivity index (χ1) is 8.59. The van der Waals surface area contributed by atoms with E-state index in [1.165, 1.54) is 12.2 Å². The van der Waals surface area contributed by atoms with Crippen molar-refractivity contribution in [1.29, 1.82) is 0 Å². The fourth-order valence-electron chi connectivity index (χ4n) is 1.92. The van der Waals surface area contributed by atoms with Crippen molar-refractivity contribution < 1.29 is 13.2 Å². The number of fused-ring (bicyclic) bond motifs is 1. The second-order valence-corrected chi connectivity index (χ2v) is 7.15. The molecule has 1 aromatic carbocycles. The number of alkyl halides is 3. The first kappa shape index (κ1) is 14.8. The van der Waals surface area contributed by atoms with Crippen molar-refractivity contribution in [2.75, 3.05) is 0 Å². The van der Waals surface area contributed by atoms with Crippen LogP contribution < -0.4 is 0 Å². The van der Waals surface area contributed by atoms with Crippen molar-refractivity contribution in [3.63, 3.8) is 0 Å². The highest BCUT2D eigenvalue weighted by Gasteiger charge is 2.40. The molecule has 1 heterocycles. The van der Waals surface area contributed by atoms with Gasteiger partial charge in [-0.25, -0.2) is 0 Å². The Morgan fingerprint density at radius 1 is 1.16 bits per heavy atom. The average Bonchev–Trinajstić information content (AvgIpc) is 2.24. The monoisotopic (exact) mass is 306 g/mol. The van der Waals surface area contributed by atoms with Gasteiger partial charge in [0.25, 0.3) is 0 Å². The Bertz CT molecular complexity index is 527. The van der Waals surface area contributed by atoms with E-state index < -0.39 is 11.4 Å². The Balaban J connectivity index is 2.45. The van der Waals surface area contributed by atoms with E-state index in [1.807, 2.05) is 20.8 Å². The van der Waals surface area contributed by atoms with Gasteiger partial charge in [0.15, 0.2) is 0 Å². The summed E-state index contributed by atoms with van der Waals surface area (Å²) in [6.45, 7) is 5.97. The summed E-state index contributed by atoms with van der Waals surface area (Å²) >= 11 is 7.04. The van der Waals surface area contributed by atoms with Gasteiger partial charge >= 0.3 is 6.18 Å². The number of rotatable bonds is 0. The van der Waals surface area contributed by atoms with Gasteiger partial charge in [-0.05, 0) is 28.7 Å². The van der Waals surface area contributed by atoms with Gasteiger partial charge in [0.1, 0.15) is 5.25 Å². The zero-order valence-corrected chi connectivity index (χ0v) is 12.4. The van der Waals surface area contributed by atoms with Crippen molar-refractivity contribution in [3.8, 4) is 0 Å². The second kappa shape index (κ2) is 4.74. The minimum absolute atomic E-state index is 0.193. The first-order valence-corrected chi connectivity index (χ1v) is 7.10. The smallest absolute Gasteiger partial charge is 0.169 e. The van der Waals surface area contributed by atoms with Crippen molar-refractivity contribution in [1.82, 2.24) is 0 Å². The van der Waals surface area contributed by atoms with Crippen molar-refractivity contribution in [2.45, 2.75) is 42.5 Å². The van der Waals surface area contributed by atoms with Gasteiger partial charge in [-0.15, -0.1) is 11.8 Å². The summed E-state index contributed by atoms with van der Waals surface area (Å²) in [5.74, 6) is 0. The van der Waals surface area contributed by atoms with Gasteiger partial charge in [0.2, 0.25) is 0 Å². The maximum Gasteiger partial charge on any atom is 0.404 e. The molecule has 0 spiro atoms. The number of hydrogen-bond acceptors (Lipinski definition) is 1. The molecule has 1 atom stereocenters. The normalized spacial score (nSPS) is 19.4. The molecular weight excluding hydrogens is 293 g/mol. The van der Waals surface area contributed by atoms with Gasteiger partial charge in [0.05, 0.1) is 0 Å². The van der Waals surface area contributed by atoms with E-state index in [2.05, 4.69) is 0 Å². The van der Waals surface area contributed by atoms with E-state index in [0.717, 1.165) is 22.9 Å². The summed E-state index contributed by atoms with van der Waals surface area (Å²) in [5.41, 5.74) is 1.43. The lowest BCUT2D eigenvalue weighted by Gasteiger charge is -2.26. The largest absolute Gasteiger partial charge is 0.404 e. The van der Waals surface area contributed by atoms with Crippen LogP contribution in [0.25, 0.3) is 6.08 Å². The SMILES string of the molecule is CC(C)(C)c1cc2c(cc1Cl)C=C[C@@H](C(F)(F)F)S2. The molecule has 0 amide bonds. The molecule has 0 nitrogen and oxygen atoms in total. The summed E-state index contributed by atoms with van der Waals surface area (Å²) < 4.78 is 38.3. The molecule has 5 heteroatoms. The van der Waals surface area contributed by atoms with Crippen molar-refractivity contribution in [3.05, 3.63) is 34.4 Å². The van der Waals surface area contributed by atoms with Crippen LogP contribution in [0.2, 0.25) is 5.02 Å². The molecule has 2 rings (SSSR count). The molecule has 0 unspecified atom stereocenters. The average molecular weight is 307 g/mol. The van der Waals surface area contributed by atoms with E-state index in [9.17, 15) is 13.2 Å². The quantitative estimate of drug-likeness (QED) is 0.593. The molecule has 104 valence electrons. The minimum Gasteiger partial charge on any atom is -0.169 e. The maximum absolute atomic E-state index is 12.8. The molecule has 0 saturated heterocycles. The minimum atomic E-state index is -4.22. The molecule has 0 fully saturated rings. The third-order valence-corrected chi connectivity index (χ3v) is 4.53. The highest BCUT2D eigenvalue weighted by molar-refractivity contribution is 8.00. The summed E-state index contributed by atoms with van der Waals surface area (Å²) in [5, 5.41) is -0.879. The lowest BCUT2D eigenvalue weighted by molar-refractivity contribution is -0.119. The zero-order valence-electron chi connectivity index (χ0n) is 10.8. The highest BCUT2D eigenvalue weighted by Crippen LogP contribution is 2.44. The Hall–Kier alpha value is -0.610. The molecule has 1 aromatic rings.